The third kappa shape index (κ3) is 4.46. The van der Waals surface area contributed by atoms with E-state index in [0.29, 0.717) is 18.4 Å². The lowest BCUT2D eigenvalue weighted by molar-refractivity contribution is -0.160. The van der Waals surface area contributed by atoms with E-state index in [1.54, 1.807) is 0 Å². The van der Waals surface area contributed by atoms with Gasteiger partial charge in [0.1, 0.15) is 11.4 Å². The molecule has 0 fully saturated rings. The van der Waals surface area contributed by atoms with Gasteiger partial charge in [-0.05, 0) is 30.4 Å². The van der Waals surface area contributed by atoms with Crippen LogP contribution in [0.1, 0.15) is 63.0 Å². The van der Waals surface area contributed by atoms with Crippen LogP contribution in [0.2, 0.25) is 0 Å². The SMILES string of the molecule is CCCCC1(Cc2ccccc2)CC(O)=C(C(CC)c2ccccc2)C(=O)O1. The highest BCUT2D eigenvalue weighted by Crippen LogP contribution is 2.41. The van der Waals surface area contributed by atoms with Crippen LogP contribution in [0.15, 0.2) is 72.0 Å². The van der Waals surface area contributed by atoms with Crippen LogP contribution >= 0.6 is 0 Å². The van der Waals surface area contributed by atoms with Gasteiger partial charge in [0.15, 0.2) is 0 Å². The molecule has 0 aliphatic carbocycles. The number of cyclic esters (lactones) is 1. The zero-order valence-corrected chi connectivity index (χ0v) is 16.9. The number of hydrogen-bond donors (Lipinski definition) is 1. The van der Waals surface area contributed by atoms with Crippen LogP contribution in [0.5, 0.6) is 0 Å². The lowest BCUT2D eigenvalue weighted by Crippen LogP contribution is -2.43. The minimum atomic E-state index is -0.670. The number of carbonyl (C=O) groups excluding carboxylic acids is 1. The fourth-order valence-electron chi connectivity index (χ4n) is 4.23. The Morgan fingerprint density at radius 2 is 1.68 bits per heavy atom. The summed E-state index contributed by atoms with van der Waals surface area (Å²) < 4.78 is 6.11. The van der Waals surface area contributed by atoms with Gasteiger partial charge in [-0.15, -0.1) is 0 Å². The summed E-state index contributed by atoms with van der Waals surface area (Å²) in [4.78, 5) is 13.1. The molecule has 0 amide bonds. The molecule has 3 heteroatoms. The largest absolute Gasteiger partial charge is 0.512 e. The predicted molar refractivity (Wildman–Crippen MR) is 112 cm³/mol. The van der Waals surface area contributed by atoms with Gasteiger partial charge in [0, 0.05) is 18.8 Å². The second kappa shape index (κ2) is 9.09. The molecular weight excluding hydrogens is 348 g/mol. The number of rotatable bonds is 8. The molecule has 0 radical (unpaired) electrons. The summed E-state index contributed by atoms with van der Waals surface area (Å²) in [5, 5.41) is 11.0. The first-order valence-electron chi connectivity index (χ1n) is 10.3. The van der Waals surface area contributed by atoms with E-state index in [2.05, 4.69) is 19.1 Å². The molecule has 1 aliphatic heterocycles. The normalized spacial score (nSPS) is 20.7. The number of aliphatic hydroxyl groups is 1. The highest BCUT2D eigenvalue weighted by Gasteiger charge is 2.43. The Labute approximate surface area is 168 Å². The summed E-state index contributed by atoms with van der Waals surface area (Å²) in [6.07, 6.45) is 4.47. The number of unbranched alkanes of at least 4 members (excludes halogenated alkanes) is 1. The first kappa shape index (κ1) is 20.2. The average Bonchev–Trinajstić information content (AvgIpc) is 2.70. The average molecular weight is 379 g/mol. The van der Waals surface area contributed by atoms with Gasteiger partial charge in [-0.3, -0.25) is 0 Å². The van der Waals surface area contributed by atoms with Crippen LogP contribution < -0.4 is 0 Å². The quantitative estimate of drug-likeness (QED) is 0.564. The summed E-state index contributed by atoms with van der Waals surface area (Å²) in [5.74, 6) is -0.319. The molecular formula is C25H30O3. The molecule has 0 spiro atoms. The van der Waals surface area contributed by atoms with Crippen molar-refractivity contribution in [3.05, 3.63) is 83.1 Å². The maximum absolute atomic E-state index is 13.1. The van der Waals surface area contributed by atoms with E-state index >= 15 is 0 Å². The van der Waals surface area contributed by atoms with E-state index in [4.69, 9.17) is 4.74 Å². The summed E-state index contributed by atoms with van der Waals surface area (Å²) in [6.45, 7) is 4.17. The van der Waals surface area contributed by atoms with Crippen LogP contribution in [0, 0.1) is 0 Å². The molecule has 0 saturated heterocycles. The van der Waals surface area contributed by atoms with E-state index in [9.17, 15) is 9.90 Å². The zero-order valence-electron chi connectivity index (χ0n) is 16.9. The molecule has 1 aliphatic rings. The Bertz CT molecular complexity index is 810. The number of carbonyl (C=O) groups is 1. The molecule has 1 heterocycles. The van der Waals surface area contributed by atoms with Crippen molar-refractivity contribution in [2.75, 3.05) is 0 Å². The van der Waals surface area contributed by atoms with Gasteiger partial charge in [-0.1, -0.05) is 80.9 Å². The van der Waals surface area contributed by atoms with Gasteiger partial charge >= 0.3 is 5.97 Å². The summed E-state index contributed by atoms with van der Waals surface area (Å²) >= 11 is 0. The van der Waals surface area contributed by atoms with E-state index in [0.717, 1.165) is 36.8 Å². The standard InChI is InChI=1S/C25H30O3/c1-3-5-16-25(17-19-12-8-6-9-13-19)18-22(26)23(24(27)28-25)21(4-2)20-14-10-7-11-15-20/h6-15,21,26H,3-5,16-18H2,1-2H3. The lowest BCUT2D eigenvalue weighted by Gasteiger charge is -2.39. The fourth-order valence-corrected chi connectivity index (χ4v) is 4.23. The van der Waals surface area contributed by atoms with Crippen LogP contribution in [-0.4, -0.2) is 16.7 Å². The maximum atomic E-state index is 13.1. The number of benzene rings is 2. The van der Waals surface area contributed by atoms with Crippen molar-refractivity contribution in [2.24, 2.45) is 0 Å². The molecule has 0 aromatic heterocycles. The van der Waals surface area contributed by atoms with E-state index < -0.39 is 5.60 Å². The third-order valence-corrected chi connectivity index (χ3v) is 5.64. The Morgan fingerprint density at radius 1 is 1.04 bits per heavy atom. The van der Waals surface area contributed by atoms with Gasteiger partial charge in [-0.25, -0.2) is 4.79 Å². The van der Waals surface area contributed by atoms with Crippen molar-refractivity contribution >= 4 is 5.97 Å². The van der Waals surface area contributed by atoms with Crippen molar-refractivity contribution in [1.82, 2.24) is 0 Å². The van der Waals surface area contributed by atoms with E-state index in [1.807, 2.05) is 55.5 Å². The van der Waals surface area contributed by atoms with Gasteiger partial charge in [0.05, 0.1) is 5.57 Å². The van der Waals surface area contributed by atoms with Gasteiger partial charge < -0.3 is 9.84 Å². The van der Waals surface area contributed by atoms with E-state index in [1.165, 1.54) is 0 Å². The minimum Gasteiger partial charge on any atom is -0.512 e. The molecule has 2 unspecified atom stereocenters. The first-order chi connectivity index (χ1) is 13.6. The van der Waals surface area contributed by atoms with Crippen molar-refractivity contribution in [2.45, 2.75) is 63.9 Å². The van der Waals surface area contributed by atoms with Gasteiger partial charge in [-0.2, -0.15) is 0 Å². The summed E-state index contributed by atoms with van der Waals surface area (Å²) in [6, 6.07) is 20.0. The lowest BCUT2D eigenvalue weighted by atomic mass is 9.79. The van der Waals surface area contributed by atoms with Crippen molar-refractivity contribution in [1.29, 1.82) is 0 Å². The molecule has 3 rings (SSSR count). The molecule has 0 bridgehead atoms. The summed E-state index contributed by atoms with van der Waals surface area (Å²) in [7, 11) is 0. The van der Waals surface area contributed by atoms with Crippen LogP contribution in [0.3, 0.4) is 0 Å². The smallest absolute Gasteiger partial charge is 0.338 e. The molecule has 1 N–H and O–H groups in total. The number of aliphatic hydroxyl groups excluding tert-OH is 1. The molecule has 0 saturated carbocycles. The fraction of sp³-hybridized carbons (Fsp3) is 0.400. The Morgan fingerprint density at radius 3 is 2.25 bits per heavy atom. The van der Waals surface area contributed by atoms with Gasteiger partial charge in [0.25, 0.3) is 0 Å². The second-order valence-corrected chi connectivity index (χ2v) is 7.75. The maximum Gasteiger partial charge on any atom is 0.338 e. The molecule has 148 valence electrons. The Hall–Kier alpha value is -2.55. The van der Waals surface area contributed by atoms with Crippen molar-refractivity contribution in [3.63, 3.8) is 0 Å². The predicted octanol–water partition coefficient (Wildman–Crippen LogP) is 6.11. The van der Waals surface area contributed by atoms with Crippen molar-refractivity contribution < 1.29 is 14.6 Å². The molecule has 3 nitrogen and oxygen atoms in total. The van der Waals surface area contributed by atoms with Gasteiger partial charge in [0.2, 0.25) is 0 Å². The topological polar surface area (TPSA) is 46.5 Å². The van der Waals surface area contributed by atoms with Crippen molar-refractivity contribution in [3.8, 4) is 0 Å². The van der Waals surface area contributed by atoms with Crippen LogP contribution in [0.25, 0.3) is 0 Å². The number of ether oxygens (including phenoxy) is 1. The number of hydrogen-bond acceptors (Lipinski definition) is 3. The summed E-state index contributed by atoms with van der Waals surface area (Å²) in [5.41, 5.74) is 1.91. The minimum absolute atomic E-state index is 0.144. The van der Waals surface area contributed by atoms with E-state index in [-0.39, 0.29) is 17.6 Å². The highest BCUT2D eigenvalue weighted by atomic mass is 16.6. The molecule has 2 atom stereocenters. The Balaban J connectivity index is 1.93. The zero-order chi connectivity index (χ0) is 20.0. The molecule has 28 heavy (non-hydrogen) atoms. The monoisotopic (exact) mass is 378 g/mol. The first-order valence-corrected chi connectivity index (χ1v) is 10.3. The molecule has 2 aromatic rings. The highest BCUT2D eigenvalue weighted by molar-refractivity contribution is 5.92. The number of esters is 1. The molecule has 2 aromatic carbocycles. The van der Waals surface area contributed by atoms with Crippen LogP contribution in [0.4, 0.5) is 0 Å². The third-order valence-electron chi connectivity index (χ3n) is 5.64. The Kier molecular flexibility index (Phi) is 6.56. The van der Waals surface area contributed by atoms with Crippen LogP contribution in [-0.2, 0) is 16.0 Å². The second-order valence-electron chi connectivity index (χ2n) is 7.75.